The van der Waals surface area contributed by atoms with Gasteiger partial charge >= 0.3 is 6.48 Å². The van der Waals surface area contributed by atoms with Crippen LogP contribution in [0.5, 0.6) is 0 Å². The Kier molecular flexibility index (Phi) is 4.05. The highest BCUT2D eigenvalue weighted by molar-refractivity contribution is 5.05. The van der Waals surface area contributed by atoms with E-state index in [0.717, 1.165) is 12.8 Å². The number of hydrogen-bond donors (Lipinski definition) is 1. The lowest BCUT2D eigenvalue weighted by Crippen LogP contribution is -2.07. The lowest BCUT2D eigenvalue weighted by molar-refractivity contribution is -0.195. The summed E-state index contributed by atoms with van der Waals surface area (Å²) in [6.07, 6.45) is 1.74. The zero-order valence-electron chi connectivity index (χ0n) is 8.08. The Labute approximate surface area is 78.1 Å². The van der Waals surface area contributed by atoms with Crippen molar-refractivity contribution in [2.45, 2.75) is 33.2 Å². The maximum Gasteiger partial charge on any atom is 0.358 e. The van der Waals surface area contributed by atoms with Gasteiger partial charge in [0.05, 0.1) is 0 Å². The Bertz CT molecular complexity index is 188. The van der Waals surface area contributed by atoms with Crippen molar-refractivity contribution in [1.82, 2.24) is 0 Å². The predicted octanol–water partition coefficient (Wildman–Crippen LogP) is 1.36. The van der Waals surface area contributed by atoms with Crippen molar-refractivity contribution in [2.75, 3.05) is 13.2 Å². The summed E-state index contributed by atoms with van der Waals surface area (Å²) < 4.78 is 15.2. The minimum atomic E-state index is -1.14. The zero-order valence-corrected chi connectivity index (χ0v) is 8.08. The summed E-state index contributed by atoms with van der Waals surface area (Å²) in [7, 11) is 0. The van der Waals surface area contributed by atoms with Gasteiger partial charge in [-0.05, 0) is 13.3 Å². The van der Waals surface area contributed by atoms with Gasteiger partial charge in [-0.3, -0.25) is 0 Å². The van der Waals surface area contributed by atoms with Crippen LogP contribution in [-0.4, -0.2) is 24.8 Å². The van der Waals surface area contributed by atoms with Crippen molar-refractivity contribution in [1.29, 1.82) is 0 Å². The monoisotopic (exact) mass is 188 g/mol. The minimum Gasteiger partial charge on any atom is -0.433 e. The fourth-order valence-corrected chi connectivity index (χ4v) is 1.13. The molecular weight excluding hydrogens is 172 g/mol. The molecule has 0 aromatic heterocycles. The second-order valence-electron chi connectivity index (χ2n) is 2.78. The number of aliphatic hydroxyl groups is 1. The Morgan fingerprint density at radius 1 is 1.31 bits per heavy atom. The van der Waals surface area contributed by atoms with Gasteiger partial charge in [0.15, 0.2) is 5.76 Å². The van der Waals surface area contributed by atoms with Crippen LogP contribution in [0.1, 0.15) is 26.7 Å². The van der Waals surface area contributed by atoms with E-state index in [-0.39, 0.29) is 0 Å². The number of allylic oxidation sites excluding steroid dienone is 1. The summed E-state index contributed by atoms with van der Waals surface area (Å²) in [6, 6.07) is 0. The van der Waals surface area contributed by atoms with Crippen LogP contribution in [0.15, 0.2) is 11.5 Å². The van der Waals surface area contributed by atoms with E-state index in [9.17, 15) is 0 Å². The van der Waals surface area contributed by atoms with E-state index >= 15 is 0 Å². The van der Waals surface area contributed by atoms with Gasteiger partial charge in [-0.15, -0.1) is 0 Å². The van der Waals surface area contributed by atoms with E-state index in [4.69, 9.17) is 19.3 Å². The molecule has 0 bridgehead atoms. The second kappa shape index (κ2) is 5.09. The SMILES string of the molecule is CCCC1=C(COCC)OC(O)O1. The van der Waals surface area contributed by atoms with E-state index in [1.165, 1.54) is 0 Å². The molecule has 1 heterocycles. The normalized spacial score (nSPS) is 21.6. The largest absolute Gasteiger partial charge is 0.433 e. The van der Waals surface area contributed by atoms with Crippen molar-refractivity contribution in [3.8, 4) is 0 Å². The second-order valence-corrected chi connectivity index (χ2v) is 2.78. The summed E-state index contributed by atoms with van der Waals surface area (Å²) in [4.78, 5) is 0. The van der Waals surface area contributed by atoms with Gasteiger partial charge in [0.2, 0.25) is 0 Å². The summed E-state index contributed by atoms with van der Waals surface area (Å²) in [6.45, 7) is 3.81. The highest BCUT2D eigenvalue weighted by atomic mass is 16.8. The van der Waals surface area contributed by atoms with E-state index in [2.05, 4.69) is 0 Å². The molecule has 0 aromatic carbocycles. The molecule has 0 fully saturated rings. The van der Waals surface area contributed by atoms with Crippen LogP contribution < -0.4 is 0 Å². The molecule has 0 spiro atoms. The molecule has 1 N–H and O–H groups in total. The van der Waals surface area contributed by atoms with Gasteiger partial charge in [0, 0.05) is 13.0 Å². The molecule has 1 unspecified atom stereocenters. The predicted molar refractivity (Wildman–Crippen MR) is 46.6 cm³/mol. The topological polar surface area (TPSA) is 47.9 Å². The number of ether oxygens (including phenoxy) is 3. The minimum absolute atomic E-state index is 0.378. The molecule has 0 aliphatic carbocycles. The van der Waals surface area contributed by atoms with Crippen molar-refractivity contribution >= 4 is 0 Å². The molecule has 0 saturated carbocycles. The van der Waals surface area contributed by atoms with Crippen molar-refractivity contribution in [2.24, 2.45) is 0 Å². The van der Waals surface area contributed by atoms with E-state index in [1.807, 2.05) is 13.8 Å². The number of rotatable bonds is 5. The lowest BCUT2D eigenvalue weighted by Gasteiger charge is -2.03. The van der Waals surface area contributed by atoms with Crippen LogP contribution in [0.25, 0.3) is 0 Å². The maximum atomic E-state index is 9.05. The Balaban J connectivity index is 2.48. The van der Waals surface area contributed by atoms with Crippen LogP contribution >= 0.6 is 0 Å². The van der Waals surface area contributed by atoms with Gasteiger partial charge in [-0.25, -0.2) is 0 Å². The van der Waals surface area contributed by atoms with Gasteiger partial charge in [-0.1, -0.05) is 6.92 Å². The molecule has 0 aromatic rings. The van der Waals surface area contributed by atoms with E-state index in [0.29, 0.717) is 24.7 Å². The average molecular weight is 188 g/mol. The Morgan fingerprint density at radius 3 is 2.62 bits per heavy atom. The molecular formula is C9H16O4. The summed E-state index contributed by atoms with van der Waals surface area (Å²) in [5.41, 5.74) is 0. The third-order valence-electron chi connectivity index (χ3n) is 1.71. The van der Waals surface area contributed by atoms with E-state index in [1.54, 1.807) is 0 Å². The lowest BCUT2D eigenvalue weighted by atomic mass is 10.2. The highest BCUT2D eigenvalue weighted by Crippen LogP contribution is 2.24. The molecule has 1 rings (SSSR count). The zero-order chi connectivity index (χ0) is 9.68. The quantitative estimate of drug-likeness (QED) is 0.707. The standard InChI is InChI=1S/C9H16O4/c1-3-5-7-8(6-11-4-2)13-9(10)12-7/h9-10H,3-6H2,1-2H3. The van der Waals surface area contributed by atoms with Gasteiger partial charge in [-0.2, -0.15) is 0 Å². The van der Waals surface area contributed by atoms with Gasteiger partial charge < -0.3 is 19.3 Å². The fraction of sp³-hybridized carbons (Fsp3) is 0.778. The fourth-order valence-electron chi connectivity index (χ4n) is 1.13. The van der Waals surface area contributed by atoms with Crippen molar-refractivity contribution < 1.29 is 19.3 Å². The van der Waals surface area contributed by atoms with Crippen molar-refractivity contribution in [3.05, 3.63) is 11.5 Å². The summed E-state index contributed by atoms with van der Waals surface area (Å²) >= 11 is 0. The molecule has 13 heavy (non-hydrogen) atoms. The molecule has 4 heteroatoms. The summed E-state index contributed by atoms with van der Waals surface area (Å²) in [5.74, 6) is 1.33. The Morgan fingerprint density at radius 2 is 2.00 bits per heavy atom. The molecule has 1 aliphatic rings. The van der Waals surface area contributed by atoms with Gasteiger partial charge in [0.25, 0.3) is 0 Å². The smallest absolute Gasteiger partial charge is 0.358 e. The van der Waals surface area contributed by atoms with Crippen LogP contribution in [0.4, 0.5) is 0 Å². The van der Waals surface area contributed by atoms with Crippen LogP contribution in [0.3, 0.4) is 0 Å². The maximum absolute atomic E-state index is 9.05. The average Bonchev–Trinajstić information content (AvgIpc) is 2.44. The van der Waals surface area contributed by atoms with Crippen LogP contribution in [0, 0.1) is 0 Å². The third kappa shape index (κ3) is 2.90. The van der Waals surface area contributed by atoms with Crippen LogP contribution in [0.2, 0.25) is 0 Å². The number of aliphatic hydroxyl groups excluding tert-OH is 1. The first-order valence-electron chi connectivity index (χ1n) is 4.59. The first-order chi connectivity index (χ1) is 6.27. The third-order valence-corrected chi connectivity index (χ3v) is 1.71. The first-order valence-corrected chi connectivity index (χ1v) is 4.59. The molecule has 1 aliphatic heterocycles. The van der Waals surface area contributed by atoms with Crippen LogP contribution in [-0.2, 0) is 14.2 Å². The molecule has 0 saturated heterocycles. The highest BCUT2D eigenvalue weighted by Gasteiger charge is 2.24. The van der Waals surface area contributed by atoms with Crippen molar-refractivity contribution in [3.63, 3.8) is 0 Å². The molecule has 1 atom stereocenters. The summed E-state index contributed by atoms with van der Waals surface area (Å²) in [5, 5.41) is 9.05. The van der Waals surface area contributed by atoms with E-state index < -0.39 is 6.48 Å². The molecule has 0 amide bonds. The molecule has 4 nitrogen and oxygen atoms in total. The number of hydrogen-bond acceptors (Lipinski definition) is 4. The van der Waals surface area contributed by atoms with Gasteiger partial charge in [0.1, 0.15) is 12.4 Å². The molecule has 76 valence electrons. The molecule has 0 radical (unpaired) electrons. The Hall–Kier alpha value is -0.740. The first kappa shape index (κ1) is 10.3.